The zero-order valence-electron chi connectivity index (χ0n) is 15.2. The molecule has 1 N–H and O–H groups in total. The number of carbonyl (C=O) groups is 2. The molecule has 0 spiro atoms. The van der Waals surface area contributed by atoms with Crippen LogP contribution in [0.15, 0.2) is 42.5 Å². The fraction of sp³-hybridized carbons (Fsp3) is 0.300. The van der Waals surface area contributed by atoms with Gasteiger partial charge >= 0.3 is 0 Å². The SMILES string of the molecule is COc1ccc(C)cc1NC(=O)CN(CCc1ccccc1F)C(C)=O. The van der Waals surface area contributed by atoms with Gasteiger partial charge in [-0.3, -0.25) is 9.59 Å². The first-order valence-corrected chi connectivity index (χ1v) is 8.34. The molecule has 2 aromatic carbocycles. The third-order valence-corrected chi connectivity index (χ3v) is 4.02. The average molecular weight is 358 g/mol. The molecular formula is C20H23FN2O3. The van der Waals surface area contributed by atoms with E-state index in [-0.39, 0.29) is 30.7 Å². The Labute approximate surface area is 152 Å². The molecule has 6 heteroatoms. The minimum Gasteiger partial charge on any atom is -0.495 e. The third kappa shape index (κ3) is 5.31. The topological polar surface area (TPSA) is 58.6 Å². The van der Waals surface area contributed by atoms with Gasteiger partial charge in [0.25, 0.3) is 0 Å². The van der Waals surface area contributed by atoms with E-state index in [2.05, 4.69) is 5.32 Å². The number of methoxy groups -OCH3 is 1. The van der Waals surface area contributed by atoms with E-state index in [0.29, 0.717) is 23.4 Å². The molecule has 0 unspecified atom stereocenters. The monoisotopic (exact) mass is 358 g/mol. The lowest BCUT2D eigenvalue weighted by atomic mass is 10.1. The molecule has 0 aliphatic rings. The standard InChI is InChI=1S/C20H23FN2O3/c1-14-8-9-19(26-3)18(12-14)22-20(25)13-23(15(2)24)11-10-16-6-4-5-7-17(16)21/h4-9,12H,10-11,13H2,1-3H3,(H,22,25). The fourth-order valence-electron chi connectivity index (χ4n) is 2.59. The summed E-state index contributed by atoms with van der Waals surface area (Å²) >= 11 is 0. The van der Waals surface area contributed by atoms with Gasteiger partial charge in [-0.25, -0.2) is 4.39 Å². The molecule has 0 fully saturated rings. The van der Waals surface area contributed by atoms with Gasteiger partial charge in [-0.2, -0.15) is 0 Å². The van der Waals surface area contributed by atoms with Crippen molar-refractivity contribution < 1.29 is 18.7 Å². The summed E-state index contributed by atoms with van der Waals surface area (Å²) in [4.78, 5) is 25.6. The van der Waals surface area contributed by atoms with Crippen molar-refractivity contribution in [1.29, 1.82) is 0 Å². The molecule has 0 aliphatic carbocycles. The third-order valence-electron chi connectivity index (χ3n) is 4.02. The summed E-state index contributed by atoms with van der Waals surface area (Å²) in [6.07, 6.45) is 0.341. The van der Waals surface area contributed by atoms with Crippen LogP contribution >= 0.6 is 0 Å². The number of hydrogen-bond donors (Lipinski definition) is 1. The number of anilines is 1. The number of ether oxygens (including phenoxy) is 1. The number of nitrogens with one attached hydrogen (secondary N) is 1. The van der Waals surface area contributed by atoms with Crippen LogP contribution in [-0.4, -0.2) is 36.9 Å². The highest BCUT2D eigenvalue weighted by Gasteiger charge is 2.16. The molecule has 0 atom stereocenters. The second-order valence-electron chi connectivity index (χ2n) is 6.03. The summed E-state index contributed by atoms with van der Waals surface area (Å²) < 4.78 is 19.0. The van der Waals surface area contributed by atoms with Crippen LogP contribution in [0.4, 0.5) is 10.1 Å². The lowest BCUT2D eigenvalue weighted by Crippen LogP contribution is -2.38. The molecule has 2 amide bonds. The number of amides is 2. The Morgan fingerprint density at radius 3 is 2.58 bits per heavy atom. The largest absolute Gasteiger partial charge is 0.495 e. The van der Waals surface area contributed by atoms with Crippen LogP contribution in [0.5, 0.6) is 5.75 Å². The van der Waals surface area contributed by atoms with Gasteiger partial charge < -0.3 is 15.0 Å². The van der Waals surface area contributed by atoms with Crippen molar-refractivity contribution in [2.24, 2.45) is 0 Å². The smallest absolute Gasteiger partial charge is 0.244 e. The van der Waals surface area contributed by atoms with Crippen molar-refractivity contribution in [3.8, 4) is 5.75 Å². The molecule has 138 valence electrons. The Bertz CT molecular complexity index is 792. The first-order chi connectivity index (χ1) is 12.4. The van der Waals surface area contributed by atoms with Gasteiger partial charge in [-0.05, 0) is 42.7 Å². The van der Waals surface area contributed by atoms with Crippen LogP contribution in [0.3, 0.4) is 0 Å². The maximum Gasteiger partial charge on any atom is 0.244 e. The predicted octanol–water partition coefficient (Wildman–Crippen LogP) is 3.17. The van der Waals surface area contributed by atoms with Crippen LogP contribution in [0.2, 0.25) is 0 Å². The first kappa shape index (κ1) is 19.4. The highest BCUT2D eigenvalue weighted by atomic mass is 19.1. The summed E-state index contributed by atoms with van der Waals surface area (Å²) in [6.45, 7) is 3.45. The molecule has 5 nitrogen and oxygen atoms in total. The van der Waals surface area contributed by atoms with E-state index in [1.165, 1.54) is 25.0 Å². The maximum atomic E-state index is 13.7. The zero-order chi connectivity index (χ0) is 19.1. The summed E-state index contributed by atoms with van der Waals surface area (Å²) in [6, 6.07) is 11.9. The fourth-order valence-corrected chi connectivity index (χ4v) is 2.59. The van der Waals surface area contributed by atoms with E-state index in [0.717, 1.165) is 5.56 Å². The van der Waals surface area contributed by atoms with Gasteiger partial charge in [0.2, 0.25) is 11.8 Å². The molecule has 0 aliphatic heterocycles. The number of carbonyl (C=O) groups excluding carboxylic acids is 2. The molecule has 0 radical (unpaired) electrons. The normalized spacial score (nSPS) is 10.3. The van der Waals surface area contributed by atoms with E-state index in [4.69, 9.17) is 4.74 Å². The lowest BCUT2D eigenvalue weighted by Gasteiger charge is -2.21. The van der Waals surface area contributed by atoms with Crippen molar-refractivity contribution in [3.63, 3.8) is 0 Å². The van der Waals surface area contributed by atoms with Gasteiger partial charge in [0.05, 0.1) is 19.3 Å². The van der Waals surface area contributed by atoms with Crippen molar-refractivity contribution >= 4 is 17.5 Å². The summed E-state index contributed by atoms with van der Waals surface area (Å²) in [5, 5.41) is 2.77. The Morgan fingerprint density at radius 1 is 1.19 bits per heavy atom. The van der Waals surface area contributed by atoms with Gasteiger partial charge in [-0.1, -0.05) is 24.3 Å². The molecule has 0 heterocycles. The van der Waals surface area contributed by atoms with Crippen LogP contribution in [0, 0.1) is 12.7 Å². The van der Waals surface area contributed by atoms with E-state index >= 15 is 0 Å². The van der Waals surface area contributed by atoms with Crippen LogP contribution in [-0.2, 0) is 16.0 Å². The number of aryl methyl sites for hydroxylation is 1. The number of benzene rings is 2. The molecule has 2 rings (SSSR count). The van der Waals surface area contributed by atoms with Crippen molar-refractivity contribution in [1.82, 2.24) is 4.90 Å². The first-order valence-electron chi connectivity index (χ1n) is 8.34. The van der Waals surface area contributed by atoms with Gasteiger partial charge in [0.15, 0.2) is 0 Å². The lowest BCUT2D eigenvalue weighted by molar-refractivity contribution is -0.132. The Balaban J connectivity index is 2.01. The van der Waals surface area contributed by atoms with Gasteiger partial charge in [-0.15, -0.1) is 0 Å². The van der Waals surface area contributed by atoms with Crippen LogP contribution in [0.1, 0.15) is 18.1 Å². The summed E-state index contributed by atoms with van der Waals surface area (Å²) in [5.74, 6) is -0.347. The Kier molecular flexibility index (Phi) is 6.72. The van der Waals surface area contributed by atoms with Gasteiger partial charge in [0, 0.05) is 13.5 Å². The summed E-state index contributed by atoms with van der Waals surface area (Å²) in [7, 11) is 1.52. The second-order valence-corrected chi connectivity index (χ2v) is 6.03. The molecular weight excluding hydrogens is 335 g/mol. The van der Waals surface area contributed by atoms with Crippen molar-refractivity contribution in [3.05, 3.63) is 59.4 Å². The number of halogens is 1. The Hall–Kier alpha value is -2.89. The molecule has 0 saturated heterocycles. The highest BCUT2D eigenvalue weighted by Crippen LogP contribution is 2.25. The van der Waals surface area contributed by atoms with Crippen molar-refractivity contribution in [2.75, 3.05) is 25.5 Å². The minimum atomic E-state index is -0.336. The predicted molar refractivity (Wildman–Crippen MR) is 98.7 cm³/mol. The van der Waals surface area contributed by atoms with Crippen LogP contribution in [0.25, 0.3) is 0 Å². The maximum absolute atomic E-state index is 13.7. The van der Waals surface area contributed by atoms with Crippen molar-refractivity contribution in [2.45, 2.75) is 20.3 Å². The Morgan fingerprint density at radius 2 is 1.92 bits per heavy atom. The minimum absolute atomic E-state index is 0.110. The molecule has 2 aromatic rings. The number of nitrogens with zero attached hydrogens (tertiary/aromatic N) is 1. The van der Waals surface area contributed by atoms with E-state index < -0.39 is 0 Å². The molecule has 26 heavy (non-hydrogen) atoms. The molecule has 0 bridgehead atoms. The zero-order valence-corrected chi connectivity index (χ0v) is 15.2. The number of rotatable bonds is 7. The van der Waals surface area contributed by atoms with Crippen LogP contribution < -0.4 is 10.1 Å². The van der Waals surface area contributed by atoms with E-state index in [1.807, 2.05) is 13.0 Å². The second kappa shape index (κ2) is 8.99. The van der Waals surface area contributed by atoms with E-state index in [1.54, 1.807) is 30.3 Å². The molecule has 0 saturated carbocycles. The summed E-state index contributed by atoms with van der Waals surface area (Å²) in [5.41, 5.74) is 2.04. The quantitative estimate of drug-likeness (QED) is 0.827. The highest BCUT2D eigenvalue weighted by molar-refractivity contribution is 5.95. The number of hydrogen-bond acceptors (Lipinski definition) is 3. The van der Waals surface area contributed by atoms with E-state index in [9.17, 15) is 14.0 Å². The van der Waals surface area contributed by atoms with Gasteiger partial charge in [0.1, 0.15) is 11.6 Å². The molecule has 0 aromatic heterocycles. The average Bonchev–Trinajstić information content (AvgIpc) is 2.59.